The van der Waals surface area contributed by atoms with Gasteiger partial charge in [-0.3, -0.25) is 4.68 Å². The molecule has 0 spiro atoms. The van der Waals surface area contributed by atoms with Gasteiger partial charge in [0.15, 0.2) is 17.7 Å². The van der Waals surface area contributed by atoms with Crippen LogP contribution in [0.5, 0.6) is 5.88 Å². The lowest BCUT2D eigenvalue weighted by Crippen LogP contribution is -2.67. The van der Waals surface area contributed by atoms with Gasteiger partial charge in [-0.2, -0.15) is 0 Å². The fourth-order valence-corrected chi connectivity index (χ4v) is 3.87. The third-order valence-corrected chi connectivity index (χ3v) is 5.97. The van der Waals surface area contributed by atoms with Crippen LogP contribution in [0, 0.1) is 25.5 Å². The van der Waals surface area contributed by atoms with Gasteiger partial charge in [-0.05, 0) is 38.8 Å². The van der Waals surface area contributed by atoms with Crippen molar-refractivity contribution < 1.29 is 52.9 Å². The lowest BCUT2D eigenvalue weighted by atomic mass is 9.97. The molecular formula is C23H30F2N2O9. The Bertz CT molecular complexity index is 1110. The number of halogens is 2. The second-order valence-corrected chi connectivity index (χ2v) is 8.83. The molecule has 0 amide bonds. The van der Waals surface area contributed by atoms with E-state index in [1.165, 1.54) is 23.7 Å². The zero-order valence-corrected chi connectivity index (χ0v) is 20.4. The van der Waals surface area contributed by atoms with Crippen molar-refractivity contribution in [2.45, 2.75) is 70.5 Å². The summed E-state index contributed by atoms with van der Waals surface area (Å²) >= 11 is 0. The van der Waals surface area contributed by atoms with Gasteiger partial charge in [-0.25, -0.2) is 13.6 Å². The number of aliphatic hydroxyl groups is 4. The molecule has 200 valence electrons. The maximum atomic E-state index is 14.6. The summed E-state index contributed by atoms with van der Waals surface area (Å²) in [6, 6.07) is 2.62. The molecule has 0 bridgehead atoms. The first-order chi connectivity index (χ1) is 16.8. The lowest BCUT2D eigenvalue weighted by molar-refractivity contribution is -0.423. The Kier molecular flexibility index (Phi) is 8.20. The molecule has 13 heteroatoms. The fourth-order valence-electron chi connectivity index (χ4n) is 3.87. The summed E-state index contributed by atoms with van der Waals surface area (Å²) in [7, 11) is 1.05. The minimum Gasteiger partial charge on any atom is -0.438 e. The topological polar surface area (TPSA) is 153 Å². The Morgan fingerprint density at radius 2 is 1.86 bits per heavy atom. The largest absolute Gasteiger partial charge is 0.508 e. The zero-order valence-electron chi connectivity index (χ0n) is 20.4. The second-order valence-electron chi connectivity index (χ2n) is 8.83. The van der Waals surface area contributed by atoms with E-state index in [-0.39, 0.29) is 35.0 Å². The summed E-state index contributed by atoms with van der Waals surface area (Å²) in [4.78, 5) is 11.3. The van der Waals surface area contributed by atoms with Crippen LogP contribution in [0.3, 0.4) is 0 Å². The van der Waals surface area contributed by atoms with Crippen molar-refractivity contribution in [1.29, 1.82) is 0 Å². The monoisotopic (exact) mass is 516 g/mol. The number of methoxy groups -OCH3 is 1. The average molecular weight is 516 g/mol. The minimum atomic E-state index is -2.96. The molecule has 2 heterocycles. The fraction of sp³-hybridized carbons (Fsp3) is 0.565. The molecule has 1 saturated heterocycles. The van der Waals surface area contributed by atoms with Gasteiger partial charge in [-0.1, -0.05) is 12.1 Å². The van der Waals surface area contributed by atoms with Crippen LogP contribution in [-0.4, -0.2) is 80.5 Å². The number of ether oxygens (including phenoxy) is 4. The number of aryl methyl sites for hydroxylation is 1. The molecule has 5 atom stereocenters. The van der Waals surface area contributed by atoms with E-state index < -0.39 is 54.8 Å². The SMILES string of the molecule is COC(=O)OC[C@H]1O[C@@](O)(Oc2nn(C(C)C)c(C)c2Cc2ccc(C)c(F)c2F)[C@H](O)[C@@H](O)[C@@H]1O. The first-order valence-corrected chi connectivity index (χ1v) is 11.2. The summed E-state index contributed by atoms with van der Waals surface area (Å²) in [5.74, 6) is -5.31. The molecule has 1 aromatic carbocycles. The van der Waals surface area contributed by atoms with Crippen LogP contribution in [-0.2, 0) is 20.6 Å². The predicted molar refractivity (Wildman–Crippen MR) is 118 cm³/mol. The van der Waals surface area contributed by atoms with Crippen molar-refractivity contribution in [3.8, 4) is 5.88 Å². The van der Waals surface area contributed by atoms with Crippen LogP contribution >= 0.6 is 0 Å². The summed E-state index contributed by atoms with van der Waals surface area (Å²) < 4.78 is 50.2. The molecule has 11 nitrogen and oxygen atoms in total. The van der Waals surface area contributed by atoms with E-state index in [1.807, 2.05) is 0 Å². The third-order valence-electron chi connectivity index (χ3n) is 5.97. The maximum absolute atomic E-state index is 14.6. The van der Waals surface area contributed by atoms with E-state index >= 15 is 0 Å². The van der Waals surface area contributed by atoms with Crippen molar-refractivity contribution in [3.05, 3.63) is 46.2 Å². The van der Waals surface area contributed by atoms with Crippen LogP contribution in [0.2, 0.25) is 0 Å². The summed E-state index contributed by atoms with van der Waals surface area (Å²) in [6.07, 6.45) is -8.77. The molecule has 1 aliphatic rings. The molecule has 0 unspecified atom stereocenters. The van der Waals surface area contributed by atoms with E-state index in [4.69, 9.17) is 14.2 Å². The lowest BCUT2D eigenvalue weighted by Gasteiger charge is -2.44. The highest BCUT2D eigenvalue weighted by atomic mass is 19.2. The van der Waals surface area contributed by atoms with E-state index in [0.29, 0.717) is 5.69 Å². The molecule has 0 aliphatic carbocycles. The number of hydrogen-bond acceptors (Lipinski definition) is 10. The van der Waals surface area contributed by atoms with Crippen molar-refractivity contribution in [1.82, 2.24) is 9.78 Å². The molecule has 2 aromatic rings. The number of aromatic nitrogens is 2. The number of benzene rings is 1. The van der Waals surface area contributed by atoms with Gasteiger partial charge in [0.05, 0.1) is 7.11 Å². The van der Waals surface area contributed by atoms with Gasteiger partial charge in [0, 0.05) is 23.7 Å². The number of carbonyl (C=O) groups is 1. The summed E-state index contributed by atoms with van der Waals surface area (Å²) in [6.45, 7) is 6.03. The van der Waals surface area contributed by atoms with E-state index in [0.717, 1.165) is 7.11 Å². The smallest absolute Gasteiger partial charge is 0.438 e. The van der Waals surface area contributed by atoms with Crippen LogP contribution in [0.15, 0.2) is 12.1 Å². The molecule has 1 aromatic heterocycles. The molecule has 1 aliphatic heterocycles. The molecule has 4 N–H and O–H groups in total. The zero-order chi connectivity index (χ0) is 26.9. The van der Waals surface area contributed by atoms with Gasteiger partial charge in [0.2, 0.25) is 5.88 Å². The highest BCUT2D eigenvalue weighted by Crippen LogP contribution is 2.35. The number of hydrogen-bond donors (Lipinski definition) is 4. The average Bonchev–Trinajstić information content (AvgIpc) is 3.14. The number of nitrogens with zero attached hydrogens (tertiary/aromatic N) is 2. The Hall–Kier alpha value is -2.84. The standard InChI is InChI=1S/C23H30F2N2O9/c1-10(2)27-12(4)14(8-13-7-6-11(3)16(24)17(13)25)21(26-27)36-23(32)20(30)19(29)18(28)15(35-23)9-34-22(31)33-5/h6-7,10,15,18-20,28-30,32H,8-9H2,1-5H3/t15-,18-,19+,20-,23-/m1/s1. The van der Waals surface area contributed by atoms with Crippen molar-refractivity contribution in [2.75, 3.05) is 13.7 Å². The van der Waals surface area contributed by atoms with Crippen LogP contribution < -0.4 is 4.74 Å². The van der Waals surface area contributed by atoms with E-state index in [9.17, 15) is 34.0 Å². The van der Waals surface area contributed by atoms with E-state index in [1.54, 1.807) is 20.8 Å². The van der Waals surface area contributed by atoms with Crippen molar-refractivity contribution in [2.24, 2.45) is 0 Å². The molecule has 1 fully saturated rings. The normalized spacial score (nSPS) is 26.2. The van der Waals surface area contributed by atoms with Crippen molar-refractivity contribution >= 4 is 6.16 Å². The van der Waals surface area contributed by atoms with Gasteiger partial charge in [0.1, 0.15) is 24.9 Å². The quantitative estimate of drug-likeness (QED) is 0.312. The van der Waals surface area contributed by atoms with Gasteiger partial charge in [-0.15, -0.1) is 5.10 Å². The molecule has 3 rings (SSSR count). The Morgan fingerprint density at radius 3 is 2.47 bits per heavy atom. The van der Waals surface area contributed by atoms with Gasteiger partial charge >= 0.3 is 12.1 Å². The van der Waals surface area contributed by atoms with Crippen LogP contribution in [0.25, 0.3) is 0 Å². The number of rotatable bonds is 7. The minimum absolute atomic E-state index is 0.00808. The van der Waals surface area contributed by atoms with E-state index in [2.05, 4.69) is 9.84 Å². The highest BCUT2D eigenvalue weighted by Gasteiger charge is 2.56. The van der Waals surface area contributed by atoms with Crippen molar-refractivity contribution in [3.63, 3.8) is 0 Å². The second kappa shape index (κ2) is 10.6. The molecular weight excluding hydrogens is 486 g/mol. The molecule has 0 radical (unpaired) electrons. The van der Waals surface area contributed by atoms with Crippen LogP contribution in [0.1, 0.15) is 42.3 Å². The Morgan fingerprint density at radius 1 is 1.19 bits per heavy atom. The molecule has 0 saturated carbocycles. The first-order valence-electron chi connectivity index (χ1n) is 11.2. The molecule has 36 heavy (non-hydrogen) atoms. The van der Waals surface area contributed by atoms with Crippen LogP contribution in [0.4, 0.5) is 13.6 Å². The Balaban J connectivity index is 1.98. The number of aliphatic hydroxyl groups excluding tert-OH is 3. The Labute approximate surface area is 205 Å². The first kappa shape index (κ1) is 27.7. The maximum Gasteiger partial charge on any atom is 0.508 e. The summed E-state index contributed by atoms with van der Waals surface area (Å²) in [5.41, 5.74) is 0.868. The van der Waals surface area contributed by atoms with Gasteiger partial charge in [0.25, 0.3) is 0 Å². The summed E-state index contributed by atoms with van der Waals surface area (Å²) in [5, 5.41) is 46.3. The van der Waals surface area contributed by atoms with Gasteiger partial charge < -0.3 is 39.4 Å². The predicted octanol–water partition coefficient (Wildman–Crippen LogP) is 1.24. The third kappa shape index (κ3) is 5.30. The highest BCUT2D eigenvalue weighted by molar-refractivity contribution is 5.59. The number of carbonyl (C=O) groups excluding carboxylic acids is 1.